The molecule has 7 nitrogen and oxygen atoms in total. The van der Waals surface area contributed by atoms with Crippen LogP contribution < -0.4 is 5.32 Å². The molecule has 0 unspecified atom stereocenters. The van der Waals surface area contributed by atoms with Gasteiger partial charge in [-0.2, -0.15) is 0 Å². The molecule has 0 rings (SSSR count). The van der Waals surface area contributed by atoms with E-state index >= 15 is 0 Å². The van der Waals surface area contributed by atoms with Crippen molar-refractivity contribution in [1.82, 2.24) is 10.2 Å². The average Bonchev–Trinajstić information content (AvgIpc) is 2.30. The van der Waals surface area contributed by atoms with E-state index in [0.29, 0.717) is 26.2 Å². The van der Waals surface area contributed by atoms with Gasteiger partial charge in [-0.3, -0.25) is 9.69 Å². The lowest BCUT2D eigenvalue weighted by Crippen LogP contribution is -2.39. The number of hydrogen-bond donors (Lipinski definition) is 4. The Bertz CT molecular complexity index is 186. The van der Waals surface area contributed by atoms with E-state index in [0.717, 1.165) is 0 Å². The van der Waals surface area contributed by atoms with Gasteiger partial charge >= 0.3 is 0 Å². The van der Waals surface area contributed by atoms with Crippen molar-refractivity contribution in [2.75, 3.05) is 59.2 Å². The van der Waals surface area contributed by atoms with E-state index in [1.807, 2.05) is 4.90 Å². The fourth-order valence-electron chi connectivity index (χ4n) is 1.25. The van der Waals surface area contributed by atoms with E-state index in [-0.39, 0.29) is 38.9 Å². The smallest absolute Gasteiger partial charge is 0.246 e. The van der Waals surface area contributed by atoms with Gasteiger partial charge in [-0.25, -0.2) is 0 Å². The van der Waals surface area contributed by atoms with Crippen LogP contribution in [0.1, 0.15) is 0 Å². The van der Waals surface area contributed by atoms with Crippen molar-refractivity contribution in [3.8, 4) is 0 Å². The highest BCUT2D eigenvalue weighted by molar-refractivity contribution is 5.77. The van der Waals surface area contributed by atoms with E-state index in [4.69, 9.17) is 20.1 Å². The van der Waals surface area contributed by atoms with Gasteiger partial charge in [0.15, 0.2) is 0 Å². The molecular weight excluding hydrogens is 228 g/mol. The summed E-state index contributed by atoms with van der Waals surface area (Å²) in [5, 5.41) is 28.6. The molecule has 0 spiro atoms. The SMILES string of the molecule is O=C(COCCO)NCCN(CCO)CCO. The highest BCUT2D eigenvalue weighted by atomic mass is 16.5. The molecule has 4 N–H and O–H groups in total. The minimum Gasteiger partial charge on any atom is -0.395 e. The number of rotatable bonds is 11. The number of amides is 1. The van der Waals surface area contributed by atoms with Crippen LogP contribution in [0.5, 0.6) is 0 Å². The molecular formula is C10H22N2O5. The van der Waals surface area contributed by atoms with Crippen molar-refractivity contribution in [1.29, 1.82) is 0 Å². The summed E-state index contributed by atoms with van der Waals surface area (Å²) < 4.78 is 4.84. The first-order valence-corrected chi connectivity index (χ1v) is 5.64. The lowest BCUT2D eigenvalue weighted by Gasteiger charge is -2.20. The third kappa shape index (κ3) is 10.2. The highest BCUT2D eigenvalue weighted by Gasteiger charge is 2.05. The molecule has 7 heteroatoms. The highest BCUT2D eigenvalue weighted by Crippen LogP contribution is 1.85. The lowest BCUT2D eigenvalue weighted by molar-refractivity contribution is -0.126. The number of nitrogens with zero attached hydrogens (tertiary/aromatic N) is 1. The van der Waals surface area contributed by atoms with Crippen LogP contribution in [0.4, 0.5) is 0 Å². The third-order valence-electron chi connectivity index (χ3n) is 2.05. The van der Waals surface area contributed by atoms with Gasteiger partial charge in [0.1, 0.15) is 6.61 Å². The van der Waals surface area contributed by atoms with E-state index < -0.39 is 0 Å². The number of aliphatic hydroxyl groups excluding tert-OH is 3. The number of carbonyl (C=O) groups excluding carboxylic acids is 1. The van der Waals surface area contributed by atoms with Crippen molar-refractivity contribution >= 4 is 5.91 Å². The molecule has 0 fully saturated rings. The molecule has 0 atom stereocenters. The second kappa shape index (κ2) is 11.7. The van der Waals surface area contributed by atoms with Crippen molar-refractivity contribution in [3.63, 3.8) is 0 Å². The monoisotopic (exact) mass is 250 g/mol. The Labute approximate surface area is 101 Å². The zero-order valence-electron chi connectivity index (χ0n) is 9.97. The summed E-state index contributed by atoms with van der Waals surface area (Å²) in [6.07, 6.45) is 0. The maximum Gasteiger partial charge on any atom is 0.246 e. The van der Waals surface area contributed by atoms with Gasteiger partial charge in [0, 0.05) is 26.2 Å². The van der Waals surface area contributed by atoms with Crippen LogP contribution in [-0.2, 0) is 9.53 Å². The molecule has 0 saturated heterocycles. The summed E-state index contributed by atoms with van der Waals surface area (Å²) in [5.74, 6) is -0.244. The van der Waals surface area contributed by atoms with Gasteiger partial charge in [0.05, 0.1) is 26.4 Å². The molecule has 0 aromatic carbocycles. The van der Waals surface area contributed by atoms with Crippen LogP contribution in [0.25, 0.3) is 0 Å². The van der Waals surface area contributed by atoms with Crippen molar-refractivity contribution in [3.05, 3.63) is 0 Å². The Balaban J connectivity index is 3.54. The average molecular weight is 250 g/mol. The van der Waals surface area contributed by atoms with Crippen LogP contribution in [0.3, 0.4) is 0 Å². The fourth-order valence-corrected chi connectivity index (χ4v) is 1.25. The van der Waals surface area contributed by atoms with E-state index in [9.17, 15) is 4.79 Å². The van der Waals surface area contributed by atoms with E-state index in [2.05, 4.69) is 5.32 Å². The normalized spacial score (nSPS) is 10.8. The molecule has 0 saturated carbocycles. The van der Waals surface area contributed by atoms with E-state index in [1.54, 1.807) is 0 Å². The maximum absolute atomic E-state index is 11.2. The second-order valence-electron chi connectivity index (χ2n) is 3.42. The molecule has 0 aliphatic rings. The van der Waals surface area contributed by atoms with Gasteiger partial charge in [-0.1, -0.05) is 0 Å². The zero-order valence-corrected chi connectivity index (χ0v) is 9.97. The molecule has 102 valence electrons. The maximum atomic E-state index is 11.2. The van der Waals surface area contributed by atoms with Crippen LogP contribution in [0.15, 0.2) is 0 Å². The summed E-state index contributed by atoms with van der Waals surface area (Å²) in [7, 11) is 0. The molecule has 17 heavy (non-hydrogen) atoms. The fraction of sp³-hybridized carbons (Fsp3) is 0.900. The van der Waals surface area contributed by atoms with Crippen molar-refractivity contribution < 1.29 is 24.9 Å². The molecule has 0 radical (unpaired) electrons. The van der Waals surface area contributed by atoms with Gasteiger partial charge in [-0.05, 0) is 0 Å². The third-order valence-corrected chi connectivity index (χ3v) is 2.05. The van der Waals surface area contributed by atoms with Crippen molar-refractivity contribution in [2.45, 2.75) is 0 Å². The standard InChI is InChI=1S/C10H22N2O5/c13-5-3-12(4-6-14)2-1-11-10(16)9-17-8-7-15/h13-15H,1-9H2,(H,11,16). The van der Waals surface area contributed by atoms with Crippen LogP contribution in [-0.4, -0.2) is 85.3 Å². The number of carbonyl (C=O) groups is 1. The molecule has 0 aromatic rings. The summed E-state index contributed by atoms with van der Waals surface area (Å²) in [6, 6.07) is 0. The summed E-state index contributed by atoms with van der Waals surface area (Å²) in [6.45, 7) is 1.95. The summed E-state index contributed by atoms with van der Waals surface area (Å²) in [4.78, 5) is 13.0. The van der Waals surface area contributed by atoms with E-state index in [1.165, 1.54) is 0 Å². The molecule has 0 heterocycles. The predicted molar refractivity (Wildman–Crippen MR) is 61.5 cm³/mol. The Morgan fingerprint density at radius 1 is 1.06 bits per heavy atom. The Kier molecular flexibility index (Phi) is 11.2. The lowest BCUT2D eigenvalue weighted by atomic mass is 10.4. The van der Waals surface area contributed by atoms with Crippen LogP contribution in [0, 0.1) is 0 Å². The van der Waals surface area contributed by atoms with Crippen LogP contribution >= 0.6 is 0 Å². The largest absolute Gasteiger partial charge is 0.395 e. The zero-order chi connectivity index (χ0) is 12.9. The molecule has 0 bridgehead atoms. The Morgan fingerprint density at radius 3 is 2.24 bits per heavy atom. The molecule has 0 aliphatic carbocycles. The molecule has 0 aliphatic heterocycles. The number of nitrogens with one attached hydrogen (secondary N) is 1. The molecule has 1 amide bonds. The first kappa shape index (κ1) is 16.3. The first-order valence-electron chi connectivity index (χ1n) is 5.64. The Morgan fingerprint density at radius 2 is 1.71 bits per heavy atom. The first-order chi connectivity index (χ1) is 8.24. The predicted octanol–water partition coefficient (Wildman–Crippen LogP) is -2.60. The second-order valence-corrected chi connectivity index (χ2v) is 3.42. The van der Waals surface area contributed by atoms with Gasteiger partial charge < -0.3 is 25.4 Å². The van der Waals surface area contributed by atoms with Crippen molar-refractivity contribution in [2.24, 2.45) is 0 Å². The molecule has 0 aromatic heterocycles. The van der Waals surface area contributed by atoms with Gasteiger partial charge in [0.25, 0.3) is 0 Å². The topological polar surface area (TPSA) is 102 Å². The number of ether oxygens (including phenoxy) is 1. The Hall–Kier alpha value is -0.730. The number of aliphatic hydroxyl groups is 3. The minimum absolute atomic E-state index is 0.0214. The van der Waals surface area contributed by atoms with Gasteiger partial charge in [-0.15, -0.1) is 0 Å². The van der Waals surface area contributed by atoms with Gasteiger partial charge in [0.2, 0.25) is 5.91 Å². The number of hydrogen-bond acceptors (Lipinski definition) is 6. The summed E-state index contributed by atoms with van der Waals surface area (Å²) >= 11 is 0. The quantitative estimate of drug-likeness (QED) is 0.300. The minimum atomic E-state index is -0.244. The summed E-state index contributed by atoms with van der Waals surface area (Å²) in [5.41, 5.74) is 0. The van der Waals surface area contributed by atoms with Crippen LogP contribution in [0.2, 0.25) is 0 Å².